The van der Waals surface area contributed by atoms with Crippen molar-refractivity contribution in [2.24, 2.45) is 0 Å². The highest BCUT2D eigenvalue weighted by Crippen LogP contribution is 2.46. The van der Waals surface area contributed by atoms with E-state index in [0.717, 1.165) is 0 Å². The van der Waals surface area contributed by atoms with Crippen LogP contribution in [0.5, 0.6) is 0 Å². The quantitative estimate of drug-likeness (QED) is 0.133. The van der Waals surface area contributed by atoms with Crippen LogP contribution in [-0.2, 0) is 24.9 Å². The van der Waals surface area contributed by atoms with Gasteiger partial charge < -0.3 is 28.7 Å². The third kappa shape index (κ3) is 8.06. The molecular formula is C38H57N5O5Si2. The summed E-state index contributed by atoms with van der Waals surface area (Å²) in [5, 5.41) is 13.8. The molecule has 3 heterocycles. The number of rotatable bonds is 13. The molecule has 1 saturated heterocycles. The Kier molecular flexibility index (Phi) is 11.4. The summed E-state index contributed by atoms with van der Waals surface area (Å²) in [6, 6.07) is 20.8. The van der Waals surface area contributed by atoms with Gasteiger partial charge in [0.05, 0.1) is 12.9 Å². The van der Waals surface area contributed by atoms with E-state index in [1.165, 1.54) is 11.1 Å². The predicted molar refractivity (Wildman–Crippen MR) is 204 cm³/mol. The molecule has 0 amide bonds. The average Bonchev–Trinajstić information content (AvgIpc) is 3.61. The van der Waals surface area contributed by atoms with E-state index >= 15 is 0 Å². The second kappa shape index (κ2) is 14.9. The summed E-state index contributed by atoms with van der Waals surface area (Å²) < 4.78 is 28.9. The van der Waals surface area contributed by atoms with Crippen molar-refractivity contribution in [1.29, 1.82) is 0 Å². The van der Waals surface area contributed by atoms with Crippen LogP contribution in [0.4, 0.5) is 5.82 Å². The topological polar surface area (TPSA) is 113 Å². The fraction of sp³-hybridized carbons (Fsp3) is 0.553. The van der Waals surface area contributed by atoms with Gasteiger partial charge in [-0.25, -0.2) is 15.0 Å². The van der Waals surface area contributed by atoms with Crippen molar-refractivity contribution in [3.05, 3.63) is 83.9 Å². The second-order valence-corrected chi connectivity index (χ2v) is 25.9. The summed E-state index contributed by atoms with van der Waals surface area (Å²) in [5.41, 5.74) is 3.52. The fourth-order valence-corrected chi connectivity index (χ4v) is 8.48. The highest BCUT2D eigenvalue weighted by atomic mass is 28.4. The molecule has 12 heteroatoms. The Morgan fingerprint density at radius 2 is 1.38 bits per heavy atom. The number of aliphatic hydroxyl groups is 1. The summed E-state index contributed by atoms with van der Waals surface area (Å²) in [4.78, 5) is 14.4. The Morgan fingerprint density at radius 3 is 1.88 bits per heavy atom. The molecular weight excluding hydrogens is 663 g/mol. The van der Waals surface area contributed by atoms with Crippen molar-refractivity contribution >= 4 is 33.6 Å². The van der Waals surface area contributed by atoms with Crippen molar-refractivity contribution in [2.45, 2.75) is 115 Å². The van der Waals surface area contributed by atoms with Crippen LogP contribution in [0.25, 0.3) is 11.2 Å². The van der Waals surface area contributed by atoms with Gasteiger partial charge in [-0.1, -0.05) is 102 Å². The average molecular weight is 720 g/mol. The van der Waals surface area contributed by atoms with Gasteiger partial charge in [-0.15, -0.1) is 0 Å². The van der Waals surface area contributed by atoms with Crippen molar-refractivity contribution in [1.82, 2.24) is 19.5 Å². The summed E-state index contributed by atoms with van der Waals surface area (Å²) in [6.45, 7) is 23.1. The molecule has 4 atom stereocenters. The zero-order valence-electron chi connectivity index (χ0n) is 31.7. The lowest BCUT2D eigenvalue weighted by atomic mass is 9.91. The zero-order chi connectivity index (χ0) is 36.5. The van der Waals surface area contributed by atoms with Gasteiger partial charge in [0, 0.05) is 19.6 Å². The van der Waals surface area contributed by atoms with E-state index in [1.54, 1.807) is 13.4 Å². The highest BCUT2D eigenvalue weighted by Gasteiger charge is 2.54. The van der Waals surface area contributed by atoms with E-state index in [9.17, 15) is 5.11 Å². The van der Waals surface area contributed by atoms with Gasteiger partial charge in [0.1, 0.15) is 24.9 Å². The zero-order valence-corrected chi connectivity index (χ0v) is 33.7. The minimum absolute atomic E-state index is 0.0207. The van der Waals surface area contributed by atoms with Gasteiger partial charge in [0.2, 0.25) is 0 Å². The molecule has 0 bridgehead atoms. The standard InChI is InChI=1S/C38H57N5O5Si2/c1-37(2,3)49(8,9)47-32-29(24-45-7)46-36(33(32)48-50(10,11)38(4,5)6)43-25-40-31-34(41-30(23-44)42-35(31)43)39-22-28(26-18-14-12-15-19-26)27-20-16-13-17-21-27/h12-21,25,28-29,32-33,36,44H,22-24H2,1-11H3,(H,39,41,42). The lowest BCUT2D eigenvalue weighted by Gasteiger charge is -2.44. The Morgan fingerprint density at radius 1 is 0.840 bits per heavy atom. The van der Waals surface area contributed by atoms with Gasteiger partial charge in [-0.3, -0.25) is 4.57 Å². The first-order valence-electron chi connectivity index (χ1n) is 17.7. The predicted octanol–water partition coefficient (Wildman–Crippen LogP) is 7.89. The number of methoxy groups -OCH3 is 1. The van der Waals surface area contributed by atoms with E-state index in [0.29, 0.717) is 36.0 Å². The molecule has 2 aromatic heterocycles. The number of hydrogen-bond acceptors (Lipinski definition) is 9. The molecule has 4 unspecified atom stereocenters. The monoisotopic (exact) mass is 719 g/mol. The third-order valence-electron chi connectivity index (χ3n) is 10.9. The van der Waals surface area contributed by atoms with Crippen LogP contribution in [-0.4, -0.2) is 79.8 Å². The number of hydrogen-bond donors (Lipinski definition) is 2. The highest BCUT2D eigenvalue weighted by molar-refractivity contribution is 6.74. The molecule has 1 aliphatic heterocycles. The van der Waals surface area contributed by atoms with E-state index in [2.05, 4.69) is 122 Å². The SMILES string of the molecule is COCC1OC(n2cnc3c(NCC(c4ccccc4)c4ccccc4)nc(CO)nc32)C(O[Si](C)(C)C(C)(C)C)C1O[Si](C)(C)C(C)(C)C. The van der Waals surface area contributed by atoms with E-state index in [4.69, 9.17) is 33.3 Å². The lowest BCUT2D eigenvalue weighted by Crippen LogP contribution is -2.54. The Balaban J connectivity index is 1.57. The summed E-state index contributed by atoms with van der Waals surface area (Å²) in [5.74, 6) is 0.905. The molecule has 0 aliphatic carbocycles. The number of nitrogens with one attached hydrogen (secondary N) is 1. The molecule has 1 fully saturated rings. The Hall–Kier alpha value is -2.98. The van der Waals surface area contributed by atoms with Crippen molar-refractivity contribution in [3.63, 3.8) is 0 Å². The first kappa shape index (κ1) is 38.3. The molecule has 1 aliphatic rings. The molecule has 50 heavy (non-hydrogen) atoms. The summed E-state index contributed by atoms with van der Waals surface area (Å²) >= 11 is 0. The number of ether oxygens (including phenoxy) is 2. The molecule has 4 aromatic rings. The van der Waals surface area contributed by atoms with E-state index in [-0.39, 0.29) is 34.8 Å². The minimum Gasteiger partial charge on any atom is -0.408 e. The van der Waals surface area contributed by atoms with Crippen LogP contribution in [0.3, 0.4) is 0 Å². The number of benzene rings is 2. The third-order valence-corrected chi connectivity index (χ3v) is 19.8. The van der Waals surface area contributed by atoms with E-state index in [1.807, 2.05) is 16.7 Å². The van der Waals surface area contributed by atoms with Gasteiger partial charge in [-0.05, 0) is 47.4 Å². The fourth-order valence-electron chi connectivity index (χ4n) is 5.87. The first-order chi connectivity index (χ1) is 23.5. The Labute approximate surface area is 300 Å². The molecule has 2 aromatic carbocycles. The van der Waals surface area contributed by atoms with Gasteiger partial charge in [-0.2, -0.15) is 0 Å². The molecule has 0 spiro atoms. The van der Waals surface area contributed by atoms with Crippen molar-refractivity contribution in [3.8, 4) is 0 Å². The van der Waals surface area contributed by atoms with Crippen LogP contribution in [0.15, 0.2) is 67.0 Å². The van der Waals surface area contributed by atoms with Crippen molar-refractivity contribution < 1.29 is 23.4 Å². The Bertz CT molecular complexity index is 1670. The number of imidazole rings is 1. The smallest absolute Gasteiger partial charge is 0.192 e. The molecule has 0 saturated carbocycles. The maximum atomic E-state index is 10.3. The number of fused-ring (bicyclic) bond motifs is 1. The first-order valence-corrected chi connectivity index (χ1v) is 23.5. The van der Waals surface area contributed by atoms with Crippen LogP contribution < -0.4 is 5.32 Å². The number of aliphatic hydroxyl groups excluding tert-OH is 1. The van der Waals surface area contributed by atoms with Crippen molar-refractivity contribution in [2.75, 3.05) is 25.6 Å². The maximum absolute atomic E-state index is 10.3. The van der Waals surface area contributed by atoms with E-state index < -0.39 is 29.0 Å². The largest absolute Gasteiger partial charge is 0.408 e. The van der Waals surface area contributed by atoms with Gasteiger partial charge in [0.15, 0.2) is 45.7 Å². The summed E-state index contributed by atoms with van der Waals surface area (Å²) in [7, 11) is -2.91. The van der Waals surface area contributed by atoms with Crippen LogP contribution in [0, 0.1) is 0 Å². The van der Waals surface area contributed by atoms with Gasteiger partial charge in [0.25, 0.3) is 0 Å². The lowest BCUT2D eigenvalue weighted by molar-refractivity contribution is -0.0562. The number of anilines is 1. The maximum Gasteiger partial charge on any atom is 0.192 e. The number of aromatic nitrogens is 4. The van der Waals surface area contributed by atoms with Crippen LogP contribution in [0.1, 0.15) is 70.6 Å². The normalized spacial score (nSPS) is 20.6. The van der Waals surface area contributed by atoms with Gasteiger partial charge >= 0.3 is 0 Å². The van der Waals surface area contributed by atoms with Crippen LogP contribution in [0.2, 0.25) is 36.3 Å². The second-order valence-electron chi connectivity index (χ2n) is 16.4. The molecule has 5 rings (SSSR count). The number of nitrogens with zero attached hydrogens (tertiary/aromatic N) is 4. The molecule has 2 N–H and O–H groups in total. The van der Waals surface area contributed by atoms with Crippen LogP contribution >= 0.6 is 0 Å². The molecule has 0 radical (unpaired) electrons. The minimum atomic E-state index is -2.33. The summed E-state index contributed by atoms with van der Waals surface area (Å²) in [6.07, 6.45) is -0.0444. The molecule has 10 nitrogen and oxygen atoms in total. The molecule has 272 valence electrons.